The lowest BCUT2D eigenvalue weighted by Crippen LogP contribution is -2.13. The van der Waals surface area contributed by atoms with Crippen LogP contribution in [0.4, 0.5) is 10.7 Å². The normalized spacial score (nSPS) is 13.0. The fourth-order valence-electron chi connectivity index (χ4n) is 3.81. The van der Waals surface area contributed by atoms with Gasteiger partial charge in [0.2, 0.25) is 0 Å². The van der Waals surface area contributed by atoms with Gasteiger partial charge in [-0.3, -0.25) is 14.9 Å². The van der Waals surface area contributed by atoms with E-state index in [0.29, 0.717) is 16.1 Å². The average Bonchev–Trinajstić information content (AvgIpc) is 3.41. The van der Waals surface area contributed by atoms with Crippen LogP contribution >= 0.6 is 11.3 Å². The highest BCUT2D eigenvalue weighted by molar-refractivity contribution is 7.16. The Hall–Kier alpha value is -4.21. The van der Waals surface area contributed by atoms with E-state index >= 15 is 0 Å². The molecule has 0 aliphatic heterocycles. The zero-order chi connectivity index (χ0) is 23.5. The number of hydrogen-bond donors (Lipinski definition) is 1. The number of amides is 1. The van der Waals surface area contributed by atoms with Gasteiger partial charge in [0.05, 0.1) is 16.1 Å². The van der Waals surface area contributed by atoms with Crippen molar-refractivity contribution in [2.45, 2.75) is 32.6 Å². The first-order chi connectivity index (χ1) is 15.9. The van der Waals surface area contributed by atoms with Crippen molar-refractivity contribution in [3.8, 4) is 23.5 Å². The lowest BCUT2D eigenvalue weighted by Gasteiger charge is -2.09. The number of nitrogens with zero attached hydrogens (tertiary/aromatic N) is 3. The molecule has 0 bridgehead atoms. The molecule has 8 nitrogen and oxygen atoms in total. The standard InChI is InChI=1S/C24H18N4O4S/c1-14-6-8-18(20(10-14)28(30)31)21-9-7-16(32-21)11-15(12-25)23(29)27-24-19(13-26)17-4-2-3-5-22(17)33-24/h6-11H,2-5H2,1H3,(H,27,29). The molecule has 1 aliphatic carbocycles. The summed E-state index contributed by atoms with van der Waals surface area (Å²) in [6, 6.07) is 11.9. The van der Waals surface area contributed by atoms with Gasteiger partial charge in [-0.1, -0.05) is 6.07 Å². The zero-order valence-electron chi connectivity index (χ0n) is 17.7. The SMILES string of the molecule is Cc1ccc(-c2ccc(C=C(C#N)C(=O)Nc3sc4c(c3C#N)CCCC4)o2)c([N+](=O)[O-])c1. The summed E-state index contributed by atoms with van der Waals surface area (Å²) in [5.41, 5.74) is 2.20. The van der Waals surface area contributed by atoms with Crippen LogP contribution in [0.5, 0.6) is 0 Å². The van der Waals surface area contributed by atoms with Crippen LogP contribution in [-0.2, 0) is 17.6 Å². The molecule has 164 valence electrons. The molecule has 2 heterocycles. The first-order valence-electron chi connectivity index (χ1n) is 10.2. The van der Waals surface area contributed by atoms with Crippen LogP contribution in [-0.4, -0.2) is 10.8 Å². The Balaban J connectivity index is 1.60. The van der Waals surface area contributed by atoms with E-state index in [9.17, 15) is 25.4 Å². The van der Waals surface area contributed by atoms with Crippen molar-refractivity contribution in [1.29, 1.82) is 10.5 Å². The summed E-state index contributed by atoms with van der Waals surface area (Å²) in [7, 11) is 0. The topological polar surface area (TPSA) is 133 Å². The number of carbonyl (C=O) groups excluding carboxylic acids is 1. The van der Waals surface area contributed by atoms with Gasteiger partial charge in [-0.25, -0.2) is 0 Å². The van der Waals surface area contributed by atoms with Gasteiger partial charge in [0.1, 0.15) is 34.2 Å². The minimum Gasteiger partial charge on any atom is -0.456 e. The zero-order valence-corrected chi connectivity index (χ0v) is 18.5. The fraction of sp³-hybridized carbons (Fsp3) is 0.208. The van der Waals surface area contributed by atoms with Gasteiger partial charge in [-0.15, -0.1) is 11.3 Å². The number of thiophene rings is 1. The molecule has 4 rings (SSSR count). The predicted molar refractivity (Wildman–Crippen MR) is 123 cm³/mol. The molecule has 2 aromatic heterocycles. The van der Waals surface area contributed by atoms with Crippen LogP contribution < -0.4 is 5.32 Å². The summed E-state index contributed by atoms with van der Waals surface area (Å²) < 4.78 is 5.68. The number of hydrogen-bond acceptors (Lipinski definition) is 7. The Morgan fingerprint density at radius 1 is 1.24 bits per heavy atom. The lowest BCUT2D eigenvalue weighted by atomic mass is 9.96. The molecule has 33 heavy (non-hydrogen) atoms. The Bertz CT molecular complexity index is 1380. The first kappa shape index (κ1) is 22.0. The highest BCUT2D eigenvalue weighted by Gasteiger charge is 2.23. The van der Waals surface area contributed by atoms with Gasteiger partial charge < -0.3 is 9.73 Å². The molecule has 0 unspecified atom stereocenters. The molecule has 0 atom stereocenters. The number of nitrogens with one attached hydrogen (secondary N) is 1. The number of carbonyl (C=O) groups is 1. The minimum atomic E-state index is -0.646. The van der Waals surface area contributed by atoms with Crippen LogP contribution in [0.2, 0.25) is 0 Å². The van der Waals surface area contributed by atoms with Crippen molar-refractivity contribution in [1.82, 2.24) is 0 Å². The highest BCUT2D eigenvalue weighted by atomic mass is 32.1. The van der Waals surface area contributed by atoms with Crippen LogP contribution in [0.15, 0.2) is 40.3 Å². The number of fused-ring (bicyclic) bond motifs is 1. The molecule has 1 aliphatic rings. The minimum absolute atomic E-state index is 0.0937. The fourth-order valence-corrected chi connectivity index (χ4v) is 5.04. The summed E-state index contributed by atoms with van der Waals surface area (Å²) in [5.74, 6) is -0.187. The monoisotopic (exact) mass is 458 g/mol. The van der Waals surface area contributed by atoms with E-state index in [1.54, 1.807) is 25.1 Å². The molecule has 9 heteroatoms. The van der Waals surface area contributed by atoms with Gasteiger partial charge in [0.15, 0.2) is 0 Å². The maximum atomic E-state index is 12.8. The lowest BCUT2D eigenvalue weighted by molar-refractivity contribution is -0.384. The van der Waals surface area contributed by atoms with E-state index < -0.39 is 10.8 Å². The van der Waals surface area contributed by atoms with Gasteiger partial charge in [0, 0.05) is 17.0 Å². The summed E-state index contributed by atoms with van der Waals surface area (Å²) >= 11 is 1.38. The average molecular weight is 458 g/mol. The quantitative estimate of drug-likeness (QED) is 0.232. The number of nitro groups is 1. The molecule has 0 saturated carbocycles. The Kier molecular flexibility index (Phi) is 6.07. The first-order valence-corrected chi connectivity index (χ1v) is 11.1. The maximum absolute atomic E-state index is 12.8. The Morgan fingerprint density at radius 2 is 2.03 bits per heavy atom. The molecule has 3 aromatic rings. The Morgan fingerprint density at radius 3 is 2.76 bits per heavy atom. The molecular formula is C24H18N4O4S. The largest absolute Gasteiger partial charge is 0.456 e. The van der Waals surface area contributed by atoms with E-state index in [4.69, 9.17) is 4.42 Å². The smallest absolute Gasteiger partial charge is 0.280 e. The third-order valence-electron chi connectivity index (χ3n) is 5.40. The Labute approximate surface area is 193 Å². The molecule has 1 aromatic carbocycles. The van der Waals surface area contributed by atoms with Crippen molar-refractivity contribution in [3.05, 3.63) is 73.3 Å². The van der Waals surface area contributed by atoms with Crippen molar-refractivity contribution < 1.29 is 14.1 Å². The second-order valence-electron chi connectivity index (χ2n) is 7.63. The highest BCUT2D eigenvalue weighted by Crippen LogP contribution is 2.38. The van der Waals surface area contributed by atoms with Gasteiger partial charge in [-0.2, -0.15) is 10.5 Å². The molecule has 0 spiro atoms. The number of anilines is 1. The van der Waals surface area contributed by atoms with Crippen molar-refractivity contribution in [2.75, 3.05) is 5.32 Å². The third kappa shape index (κ3) is 4.40. The third-order valence-corrected chi connectivity index (χ3v) is 6.61. The van der Waals surface area contributed by atoms with Crippen LogP contribution in [0.1, 0.15) is 40.2 Å². The molecule has 0 radical (unpaired) electrons. The van der Waals surface area contributed by atoms with E-state index in [2.05, 4.69) is 11.4 Å². The van der Waals surface area contributed by atoms with Crippen molar-refractivity contribution >= 4 is 34.0 Å². The summed E-state index contributed by atoms with van der Waals surface area (Å²) in [6.45, 7) is 1.76. The van der Waals surface area contributed by atoms with Crippen LogP contribution in [0.3, 0.4) is 0 Å². The molecule has 0 saturated heterocycles. The van der Waals surface area contributed by atoms with Crippen LogP contribution in [0.25, 0.3) is 17.4 Å². The van der Waals surface area contributed by atoms with E-state index in [1.165, 1.54) is 29.5 Å². The van der Waals surface area contributed by atoms with Crippen molar-refractivity contribution in [3.63, 3.8) is 0 Å². The number of furan rings is 1. The molecule has 0 fully saturated rings. The van der Waals surface area contributed by atoms with Crippen molar-refractivity contribution in [2.24, 2.45) is 0 Å². The number of aryl methyl sites for hydroxylation is 2. The second kappa shape index (κ2) is 9.11. The number of nitriles is 2. The number of nitro benzene ring substituents is 1. The summed E-state index contributed by atoms with van der Waals surface area (Å²) in [5, 5.41) is 33.6. The summed E-state index contributed by atoms with van der Waals surface area (Å²) in [4.78, 5) is 24.8. The molecule has 1 amide bonds. The van der Waals surface area contributed by atoms with E-state index in [-0.39, 0.29) is 22.8 Å². The van der Waals surface area contributed by atoms with Gasteiger partial charge in [0.25, 0.3) is 11.6 Å². The van der Waals surface area contributed by atoms with Crippen LogP contribution in [0, 0.1) is 39.7 Å². The molecule has 1 N–H and O–H groups in total. The van der Waals surface area contributed by atoms with Gasteiger partial charge >= 0.3 is 0 Å². The number of benzene rings is 1. The number of rotatable bonds is 5. The second-order valence-corrected chi connectivity index (χ2v) is 8.74. The van der Waals surface area contributed by atoms with E-state index in [1.807, 2.05) is 6.07 Å². The van der Waals surface area contributed by atoms with E-state index in [0.717, 1.165) is 41.7 Å². The molecular weight excluding hydrogens is 440 g/mol. The summed E-state index contributed by atoms with van der Waals surface area (Å²) in [6.07, 6.45) is 5.03. The van der Waals surface area contributed by atoms with Gasteiger partial charge in [-0.05, 0) is 61.9 Å². The maximum Gasteiger partial charge on any atom is 0.280 e. The predicted octanol–water partition coefficient (Wildman–Crippen LogP) is 5.52.